The first-order valence-electron chi connectivity index (χ1n) is 7.56. The molecule has 1 aliphatic carbocycles. The van der Waals surface area contributed by atoms with Crippen LogP contribution in [0.25, 0.3) is 0 Å². The highest BCUT2D eigenvalue weighted by atomic mass is 19.1. The Morgan fingerprint density at radius 3 is 2.84 bits per heavy atom. The number of hydrogen-bond donors (Lipinski definition) is 1. The van der Waals surface area contributed by atoms with Crippen LogP contribution in [-0.2, 0) is 6.54 Å². The summed E-state index contributed by atoms with van der Waals surface area (Å²) in [5, 5.41) is 3.43. The second kappa shape index (κ2) is 5.49. The van der Waals surface area contributed by atoms with E-state index in [1.807, 2.05) is 6.07 Å². The average molecular weight is 262 g/mol. The van der Waals surface area contributed by atoms with Gasteiger partial charge in [0, 0.05) is 25.2 Å². The van der Waals surface area contributed by atoms with Gasteiger partial charge in [-0.2, -0.15) is 0 Å². The minimum absolute atomic E-state index is 0.0598. The van der Waals surface area contributed by atoms with Crippen molar-refractivity contribution in [3.05, 3.63) is 29.6 Å². The normalized spacial score (nSPS) is 23.1. The van der Waals surface area contributed by atoms with Crippen molar-refractivity contribution in [1.29, 1.82) is 0 Å². The Hall–Kier alpha value is -1.09. The molecule has 1 aromatic carbocycles. The Kier molecular flexibility index (Phi) is 3.74. The summed E-state index contributed by atoms with van der Waals surface area (Å²) >= 11 is 0. The molecule has 2 nitrogen and oxygen atoms in total. The lowest BCUT2D eigenvalue weighted by Gasteiger charge is -2.26. The highest BCUT2D eigenvalue weighted by Gasteiger charge is 2.25. The molecule has 19 heavy (non-hydrogen) atoms. The van der Waals surface area contributed by atoms with Crippen LogP contribution >= 0.6 is 0 Å². The topological polar surface area (TPSA) is 15.3 Å². The third-order valence-electron chi connectivity index (χ3n) is 4.34. The van der Waals surface area contributed by atoms with Crippen LogP contribution in [0.2, 0.25) is 0 Å². The number of nitrogens with zero attached hydrogens (tertiary/aromatic N) is 1. The van der Waals surface area contributed by atoms with Gasteiger partial charge in [-0.1, -0.05) is 13.0 Å². The molecule has 3 rings (SSSR count). The molecule has 1 saturated heterocycles. The number of benzene rings is 1. The summed E-state index contributed by atoms with van der Waals surface area (Å²) in [4.78, 5) is 2.24. The second-order valence-corrected chi connectivity index (χ2v) is 5.84. The van der Waals surface area contributed by atoms with Crippen LogP contribution < -0.4 is 10.2 Å². The largest absolute Gasteiger partial charge is 0.366 e. The fourth-order valence-corrected chi connectivity index (χ4v) is 3.02. The van der Waals surface area contributed by atoms with Gasteiger partial charge in [0.25, 0.3) is 0 Å². The quantitative estimate of drug-likeness (QED) is 0.874. The van der Waals surface area contributed by atoms with E-state index in [9.17, 15) is 4.39 Å². The molecule has 3 heteroatoms. The zero-order chi connectivity index (χ0) is 13.2. The molecule has 0 spiro atoms. The molecular formula is C16H23FN2. The molecule has 1 aromatic rings. The van der Waals surface area contributed by atoms with Crippen LogP contribution in [0.5, 0.6) is 0 Å². The summed E-state index contributed by atoms with van der Waals surface area (Å²) < 4.78 is 14.3. The molecule has 1 atom stereocenters. The SMILES string of the molecule is CCC1CCCN1c1ccc(CNC2CC2)cc1F. The predicted octanol–water partition coefficient (Wildman–Crippen LogP) is 3.46. The molecule has 1 N–H and O–H groups in total. The van der Waals surface area contributed by atoms with Crippen LogP contribution in [-0.4, -0.2) is 18.6 Å². The van der Waals surface area contributed by atoms with E-state index in [1.165, 1.54) is 25.7 Å². The fraction of sp³-hybridized carbons (Fsp3) is 0.625. The highest BCUT2D eigenvalue weighted by molar-refractivity contribution is 5.51. The van der Waals surface area contributed by atoms with E-state index in [0.29, 0.717) is 12.1 Å². The Labute approximate surface area is 115 Å². The van der Waals surface area contributed by atoms with Gasteiger partial charge >= 0.3 is 0 Å². The van der Waals surface area contributed by atoms with Gasteiger partial charge in [0.05, 0.1) is 5.69 Å². The molecular weight excluding hydrogens is 239 g/mol. The Morgan fingerprint density at radius 1 is 1.32 bits per heavy atom. The van der Waals surface area contributed by atoms with Gasteiger partial charge in [0.15, 0.2) is 0 Å². The van der Waals surface area contributed by atoms with Crippen molar-refractivity contribution in [3.63, 3.8) is 0 Å². The minimum Gasteiger partial charge on any atom is -0.366 e. The van der Waals surface area contributed by atoms with Crippen LogP contribution in [0.15, 0.2) is 18.2 Å². The minimum atomic E-state index is -0.0598. The first-order chi connectivity index (χ1) is 9.28. The first kappa shape index (κ1) is 12.9. The molecule has 0 aromatic heterocycles. The van der Waals surface area contributed by atoms with Crippen molar-refractivity contribution in [3.8, 4) is 0 Å². The molecule has 0 bridgehead atoms. The standard InChI is InChI=1S/C16H23FN2/c1-2-14-4-3-9-19(14)16-8-5-12(10-15(16)17)11-18-13-6-7-13/h5,8,10,13-14,18H,2-4,6-7,9,11H2,1H3. The third-order valence-corrected chi connectivity index (χ3v) is 4.34. The summed E-state index contributed by atoms with van der Waals surface area (Å²) in [5.41, 5.74) is 1.85. The zero-order valence-corrected chi connectivity index (χ0v) is 11.7. The van der Waals surface area contributed by atoms with Crippen LogP contribution in [0.3, 0.4) is 0 Å². The first-order valence-corrected chi connectivity index (χ1v) is 7.56. The van der Waals surface area contributed by atoms with Gasteiger partial charge in [-0.3, -0.25) is 0 Å². The lowest BCUT2D eigenvalue weighted by Crippen LogP contribution is -2.29. The smallest absolute Gasteiger partial charge is 0.146 e. The number of rotatable bonds is 5. The number of anilines is 1. The van der Waals surface area contributed by atoms with Crippen molar-refractivity contribution < 1.29 is 4.39 Å². The Balaban J connectivity index is 1.71. The van der Waals surface area contributed by atoms with E-state index >= 15 is 0 Å². The van der Waals surface area contributed by atoms with E-state index < -0.39 is 0 Å². The lowest BCUT2D eigenvalue weighted by atomic mass is 10.1. The van der Waals surface area contributed by atoms with Gasteiger partial charge in [-0.15, -0.1) is 0 Å². The number of halogens is 1. The van der Waals surface area contributed by atoms with E-state index in [4.69, 9.17) is 0 Å². The maximum Gasteiger partial charge on any atom is 0.146 e. The Morgan fingerprint density at radius 2 is 2.16 bits per heavy atom. The number of hydrogen-bond acceptors (Lipinski definition) is 2. The molecule has 104 valence electrons. The lowest BCUT2D eigenvalue weighted by molar-refractivity contribution is 0.593. The molecule has 1 saturated carbocycles. The summed E-state index contributed by atoms with van der Waals surface area (Å²) in [7, 11) is 0. The fourth-order valence-electron chi connectivity index (χ4n) is 3.02. The van der Waals surface area contributed by atoms with Gasteiger partial charge in [0.1, 0.15) is 5.82 Å². The number of nitrogens with one attached hydrogen (secondary N) is 1. The van der Waals surface area contributed by atoms with Crippen molar-refractivity contribution in [2.45, 2.75) is 57.7 Å². The van der Waals surface area contributed by atoms with Crippen molar-refractivity contribution >= 4 is 5.69 Å². The average Bonchev–Trinajstić information content (AvgIpc) is 3.13. The van der Waals surface area contributed by atoms with Crippen molar-refractivity contribution in [2.24, 2.45) is 0 Å². The highest BCUT2D eigenvalue weighted by Crippen LogP contribution is 2.30. The van der Waals surface area contributed by atoms with Gasteiger partial charge in [-0.05, 0) is 49.8 Å². The molecule has 1 heterocycles. The van der Waals surface area contributed by atoms with E-state index in [2.05, 4.69) is 23.2 Å². The summed E-state index contributed by atoms with van der Waals surface area (Å²) in [5.74, 6) is -0.0598. The van der Waals surface area contributed by atoms with E-state index in [0.717, 1.165) is 30.8 Å². The second-order valence-electron chi connectivity index (χ2n) is 5.84. The van der Waals surface area contributed by atoms with Crippen molar-refractivity contribution in [1.82, 2.24) is 5.32 Å². The summed E-state index contributed by atoms with van der Waals surface area (Å²) in [6.07, 6.45) is 6.02. The van der Waals surface area contributed by atoms with E-state index in [-0.39, 0.29) is 5.82 Å². The monoisotopic (exact) mass is 262 g/mol. The van der Waals surface area contributed by atoms with Crippen LogP contribution in [0.4, 0.5) is 10.1 Å². The molecule has 2 fully saturated rings. The van der Waals surface area contributed by atoms with Crippen LogP contribution in [0, 0.1) is 5.82 Å². The van der Waals surface area contributed by atoms with Crippen LogP contribution in [0.1, 0.15) is 44.6 Å². The zero-order valence-electron chi connectivity index (χ0n) is 11.7. The van der Waals surface area contributed by atoms with E-state index in [1.54, 1.807) is 6.07 Å². The maximum absolute atomic E-state index is 14.3. The maximum atomic E-state index is 14.3. The van der Waals surface area contributed by atoms with Crippen molar-refractivity contribution in [2.75, 3.05) is 11.4 Å². The molecule has 0 amide bonds. The molecule has 2 aliphatic rings. The van der Waals surface area contributed by atoms with Gasteiger partial charge in [0.2, 0.25) is 0 Å². The predicted molar refractivity (Wildman–Crippen MR) is 76.9 cm³/mol. The molecule has 1 aliphatic heterocycles. The Bertz CT molecular complexity index is 442. The summed E-state index contributed by atoms with van der Waals surface area (Å²) in [6.45, 7) is 3.98. The molecule has 0 radical (unpaired) electrons. The summed E-state index contributed by atoms with van der Waals surface area (Å²) in [6, 6.07) is 6.93. The van der Waals surface area contributed by atoms with Gasteiger partial charge in [-0.25, -0.2) is 4.39 Å². The molecule has 1 unspecified atom stereocenters. The van der Waals surface area contributed by atoms with Gasteiger partial charge < -0.3 is 10.2 Å². The third kappa shape index (κ3) is 2.92.